The van der Waals surface area contributed by atoms with Crippen LogP contribution in [0, 0.1) is 0 Å². The highest BCUT2D eigenvalue weighted by Crippen LogP contribution is 2.16. The quantitative estimate of drug-likeness (QED) is 0.695. The van der Waals surface area contributed by atoms with Crippen molar-refractivity contribution in [1.82, 2.24) is 15.1 Å². The molecule has 0 unspecified atom stereocenters. The van der Waals surface area contributed by atoms with Gasteiger partial charge in [-0.3, -0.25) is 9.69 Å². The highest BCUT2D eigenvalue weighted by atomic mass is 32.1. The lowest BCUT2D eigenvalue weighted by molar-refractivity contribution is -0.121. The minimum Gasteiger partial charge on any atom is -0.354 e. The Morgan fingerprint density at radius 3 is 2.62 bits per heavy atom. The van der Waals surface area contributed by atoms with Crippen LogP contribution in [-0.4, -0.2) is 60.5 Å². The smallest absolute Gasteiger partial charge is 0.220 e. The molecule has 5 heteroatoms. The zero-order valence-electron chi connectivity index (χ0n) is 15.5. The minimum absolute atomic E-state index is 0.0342. The highest BCUT2D eigenvalue weighted by Gasteiger charge is 2.29. The Hall–Kier alpha value is -0.910. The Morgan fingerprint density at radius 2 is 2.00 bits per heavy atom. The van der Waals surface area contributed by atoms with Crippen LogP contribution in [0.2, 0.25) is 0 Å². The first-order chi connectivity index (χ1) is 11.5. The third-order valence-corrected chi connectivity index (χ3v) is 5.99. The number of aryl methyl sites for hydroxylation is 1. The molecule has 24 heavy (non-hydrogen) atoms. The minimum atomic E-state index is 0.0342. The van der Waals surface area contributed by atoms with Crippen molar-refractivity contribution in [3.63, 3.8) is 0 Å². The molecule has 1 amide bonds. The van der Waals surface area contributed by atoms with Gasteiger partial charge in [0.05, 0.1) is 0 Å². The van der Waals surface area contributed by atoms with Crippen LogP contribution in [0.1, 0.15) is 44.9 Å². The van der Waals surface area contributed by atoms with Crippen LogP contribution in [0.25, 0.3) is 0 Å². The Labute approximate surface area is 151 Å². The van der Waals surface area contributed by atoms with Crippen LogP contribution in [0.4, 0.5) is 0 Å². The van der Waals surface area contributed by atoms with E-state index in [9.17, 15) is 4.79 Å². The number of likely N-dealkylation sites (N-methyl/N-ethyl adjacent to an activating group) is 1. The van der Waals surface area contributed by atoms with E-state index in [1.54, 1.807) is 11.3 Å². The summed E-state index contributed by atoms with van der Waals surface area (Å²) in [6.07, 6.45) is 3.80. The first kappa shape index (κ1) is 19.4. The molecular weight excluding hydrogens is 318 g/mol. The molecule has 0 aromatic carbocycles. The topological polar surface area (TPSA) is 35.6 Å². The first-order valence-corrected chi connectivity index (χ1v) is 10.2. The summed E-state index contributed by atoms with van der Waals surface area (Å²) >= 11 is 1.80. The van der Waals surface area contributed by atoms with E-state index in [1.165, 1.54) is 4.88 Å². The van der Waals surface area contributed by atoms with E-state index in [0.717, 1.165) is 58.5 Å². The number of rotatable bonds is 9. The van der Waals surface area contributed by atoms with E-state index in [2.05, 4.69) is 53.4 Å². The standard InChI is InChI=1S/C19H33N3OS/c1-4-21-11-13-22(14-12-21)19(2,3)16-20-18(23)10-6-5-8-17-9-7-15-24-17/h7,9,15H,4-6,8,10-14,16H2,1-3H3,(H,20,23). The molecule has 2 heterocycles. The Bertz CT molecular complexity index is 479. The molecule has 136 valence electrons. The van der Waals surface area contributed by atoms with Gasteiger partial charge in [0.1, 0.15) is 0 Å². The normalized spacial score (nSPS) is 17.1. The van der Waals surface area contributed by atoms with Crippen molar-refractivity contribution < 1.29 is 4.79 Å². The van der Waals surface area contributed by atoms with Crippen LogP contribution in [0.5, 0.6) is 0 Å². The number of amides is 1. The van der Waals surface area contributed by atoms with Crippen molar-refractivity contribution in [2.45, 2.75) is 52.0 Å². The molecule has 0 saturated carbocycles. The van der Waals surface area contributed by atoms with E-state index < -0.39 is 0 Å². The summed E-state index contributed by atoms with van der Waals surface area (Å²) in [6, 6.07) is 4.26. The summed E-state index contributed by atoms with van der Waals surface area (Å²) in [5.74, 6) is 0.196. The molecule has 0 spiro atoms. The van der Waals surface area contributed by atoms with Gasteiger partial charge >= 0.3 is 0 Å². The van der Waals surface area contributed by atoms with Crippen molar-refractivity contribution in [3.8, 4) is 0 Å². The van der Waals surface area contributed by atoms with Crippen LogP contribution in [0.15, 0.2) is 17.5 Å². The highest BCUT2D eigenvalue weighted by molar-refractivity contribution is 7.09. The molecule has 1 aliphatic rings. The van der Waals surface area contributed by atoms with Crippen molar-refractivity contribution in [2.24, 2.45) is 0 Å². The lowest BCUT2D eigenvalue weighted by Crippen LogP contribution is -2.58. The molecule has 1 fully saturated rings. The summed E-state index contributed by atoms with van der Waals surface area (Å²) in [4.78, 5) is 18.5. The van der Waals surface area contributed by atoms with Crippen LogP contribution in [-0.2, 0) is 11.2 Å². The third kappa shape index (κ3) is 6.19. The molecule has 4 nitrogen and oxygen atoms in total. The second kappa shape index (κ2) is 9.54. The number of thiophene rings is 1. The summed E-state index contributed by atoms with van der Waals surface area (Å²) in [6.45, 7) is 13.0. The van der Waals surface area contributed by atoms with Gasteiger partial charge in [-0.05, 0) is 51.1 Å². The maximum Gasteiger partial charge on any atom is 0.220 e. The fourth-order valence-electron chi connectivity index (χ4n) is 3.22. The predicted octanol–water partition coefficient (Wildman–Crippen LogP) is 2.99. The average molecular weight is 352 g/mol. The van der Waals surface area contributed by atoms with E-state index in [0.29, 0.717) is 6.42 Å². The van der Waals surface area contributed by atoms with Gasteiger partial charge in [0.15, 0.2) is 0 Å². The molecule has 1 N–H and O–H groups in total. The number of piperazine rings is 1. The zero-order chi connectivity index (χ0) is 17.4. The molecule has 2 rings (SSSR count). The lowest BCUT2D eigenvalue weighted by Gasteiger charge is -2.44. The Kier molecular flexibility index (Phi) is 7.72. The molecule has 0 aliphatic carbocycles. The van der Waals surface area contributed by atoms with E-state index in [1.807, 2.05) is 0 Å². The maximum absolute atomic E-state index is 12.1. The zero-order valence-corrected chi connectivity index (χ0v) is 16.3. The molecule has 0 radical (unpaired) electrons. The van der Waals surface area contributed by atoms with Gasteiger partial charge in [0, 0.05) is 49.6 Å². The number of nitrogens with one attached hydrogen (secondary N) is 1. The fraction of sp³-hybridized carbons (Fsp3) is 0.737. The molecule has 0 bridgehead atoms. The van der Waals surface area contributed by atoms with Gasteiger partial charge < -0.3 is 10.2 Å². The van der Waals surface area contributed by atoms with Gasteiger partial charge in [-0.15, -0.1) is 11.3 Å². The van der Waals surface area contributed by atoms with E-state index in [-0.39, 0.29) is 11.4 Å². The summed E-state index contributed by atoms with van der Waals surface area (Å²) in [5, 5.41) is 5.26. The van der Waals surface area contributed by atoms with Gasteiger partial charge in [-0.1, -0.05) is 13.0 Å². The van der Waals surface area contributed by atoms with Gasteiger partial charge in [0.2, 0.25) is 5.91 Å². The molecule has 1 saturated heterocycles. The average Bonchev–Trinajstić information content (AvgIpc) is 3.10. The number of carbonyl (C=O) groups is 1. The maximum atomic E-state index is 12.1. The fourth-order valence-corrected chi connectivity index (χ4v) is 3.98. The van der Waals surface area contributed by atoms with Gasteiger partial charge in [0.25, 0.3) is 0 Å². The van der Waals surface area contributed by atoms with Crippen LogP contribution >= 0.6 is 11.3 Å². The van der Waals surface area contributed by atoms with Crippen molar-refractivity contribution in [1.29, 1.82) is 0 Å². The van der Waals surface area contributed by atoms with Crippen LogP contribution in [0.3, 0.4) is 0 Å². The number of hydrogen-bond donors (Lipinski definition) is 1. The van der Waals surface area contributed by atoms with Crippen molar-refractivity contribution >= 4 is 17.2 Å². The largest absolute Gasteiger partial charge is 0.354 e. The van der Waals surface area contributed by atoms with Gasteiger partial charge in [-0.2, -0.15) is 0 Å². The molecule has 0 atom stereocenters. The summed E-state index contributed by atoms with van der Waals surface area (Å²) in [7, 11) is 0. The monoisotopic (exact) mass is 351 g/mol. The molecule has 1 aromatic rings. The first-order valence-electron chi connectivity index (χ1n) is 9.28. The third-order valence-electron chi connectivity index (χ3n) is 5.05. The summed E-state index contributed by atoms with van der Waals surface area (Å²) < 4.78 is 0. The molecular formula is C19H33N3OS. The van der Waals surface area contributed by atoms with Gasteiger partial charge in [-0.25, -0.2) is 0 Å². The van der Waals surface area contributed by atoms with Crippen LogP contribution < -0.4 is 5.32 Å². The Balaban J connectivity index is 1.61. The molecule has 1 aliphatic heterocycles. The number of hydrogen-bond acceptors (Lipinski definition) is 4. The predicted molar refractivity (Wildman–Crippen MR) is 103 cm³/mol. The lowest BCUT2D eigenvalue weighted by atomic mass is 10.0. The molecule has 1 aromatic heterocycles. The van der Waals surface area contributed by atoms with E-state index in [4.69, 9.17) is 0 Å². The van der Waals surface area contributed by atoms with Crippen molar-refractivity contribution in [3.05, 3.63) is 22.4 Å². The Morgan fingerprint density at radius 1 is 1.25 bits per heavy atom. The second-order valence-electron chi connectivity index (χ2n) is 7.30. The second-order valence-corrected chi connectivity index (χ2v) is 8.33. The number of unbranched alkanes of at least 4 members (excludes halogenated alkanes) is 1. The SMILES string of the molecule is CCN1CCN(C(C)(C)CNC(=O)CCCCc2cccs2)CC1. The van der Waals surface area contributed by atoms with Crippen molar-refractivity contribution in [2.75, 3.05) is 39.3 Å². The number of carbonyl (C=O) groups excluding carboxylic acids is 1. The van der Waals surface area contributed by atoms with E-state index >= 15 is 0 Å². The number of nitrogens with zero attached hydrogens (tertiary/aromatic N) is 2. The summed E-state index contributed by atoms with van der Waals surface area (Å²) in [5.41, 5.74) is 0.0342.